The molecule has 1 rings (SSSR count). The van der Waals surface area contributed by atoms with E-state index in [0.29, 0.717) is 28.1 Å². The maximum Gasteiger partial charge on any atom is 0.234 e. The highest BCUT2D eigenvalue weighted by molar-refractivity contribution is 6.36. The normalized spacial score (nSPS) is 11.0. The van der Waals surface area contributed by atoms with E-state index in [4.69, 9.17) is 23.2 Å². The largest absolute Gasteiger partial charge is 0.355 e. The summed E-state index contributed by atoms with van der Waals surface area (Å²) >= 11 is 11.8. The van der Waals surface area contributed by atoms with Gasteiger partial charge >= 0.3 is 0 Å². The van der Waals surface area contributed by atoms with Crippen LogP contribution in [0.1, 0.15) is 24.2 Å². The molecule has 1 aromatic rings. The van der Waals surface area contributed by atoms with E-state index >= 15 is 0 Å². The third-order valence-electron chi connectivity index (χ3n) is 2.77. The summed E-state index contributed by atoms with van der Waals surface area (Å²) in [4.78, 5) is 25.5. The van der Waals surface area contributed by atoms with Crippen LogP contribution in [0.15, 0.2) is 18.2 Å². The standard InChI is InChI=1S/C15H20Cl2N2O2/c1-10(2)7-18-15(21)9-19(3)8-14(20)12-5-4-11(16)6-13(12)17/h4-6,10H,7-9H2,1-3H3,(H,18,21). The van der Waals surface area contributed by atoms with Crippen LogP contribution in [0.4, 0.5) is 0 Å². The third-order valence-corrected chi connectivity index (χ3v) is 3.31. The first-order chi connectivity index (χ1) is 9.79. The van der Waals surface area contributed by atoms with Crippen LogP contribution in [-0.4, -0.2) is 43.3 Å². The lowest BCUT2D eigenvalue weighted by molar-refractivity contribution is -0.121. The van der Waals surface area contributed by atoms with Crippen molar-refractivity contribution in [2.24, 2.45) is 5.92 Å². The number of nitrogens with zero attached hydrogens (tertiary/aromatic N) is 1. The van der Waals surface area contributed by atoms with E-state index in [1.54, 1.807) is 24.1 Å². The van der Waals surface area contributed by atoms with E-state index in [1.165, 1.54) is 6.07 Å². The maximum atomic E-state index is 12.1. The van der Waals surface area contributed by atoms with E-state index in [-0.39, 0.29) is 24.8 Å². The van der Waals surface area contributed by atoms with Crippen molar-refractivity contribution in [1.29, 1.82) is 0 Å². The SMILES string of the molecule is CC(C)CNC(=O)CN(C)CC(=O)c1ccc(Cl)cc1Cl. The lowest BCUT2D eigenvalue weighted by Crippen LogP contribution is -2.38. The van der Waals surface area contributed by atoms with Crippen molar-refractivity contribution in [2.75, 3.05) is 26.7 Å². The number of ketones is 1. The zero-order valence-corrected chi connectivity index (χ0v) is 14.0. The zero-order valence-electron chi connectivity index (χ0n) is 12.5. The summed E-state index contributed by atoms with van der Waals surface area (Å²) in [5.41, 5.74) is 0.413. The molecule has 0 heterocycles. The van der Waals surface area contributed by atoms with Crippen LogP contribution in [0.3, 0.4) is 0 Å². The lowest BCUT2D eigenvalue weighted by atomic mass is 10.1. The Morgan fingerprint density at radius 1 is 1.24 bits per heavy atom. The van der Waals surface area contributed by atoms with Crippen LogP contribution in [0.5, 0.6) is 0 Å². The molecule has 0 aliphatic heterocycles. The molecular weight excluding hydrogens is 311 g/mol. The molecule has 0 unspecified atom stereocenters. The highest BCUT2D eigenvalue weighted by atomic mass is 35.5. The van der Waals surface area contributed by atoms with Gasteiger partial charge in [0.05, 0.1) is 18.1 Å². The van der Waals surface area contributed by atoms with Gasteiger partial charge in [-0.2, -0.15) is 0 Å². The van der Waals surface area contributed by atoms with Gasteiger partial charge in [0.2, 0.25) is 5.91 Å². The molecular formula is C15H20Cl2N2O2. The molecule has 116 valence electrons. The molecule has 0 saturated heterocycles. The molecule has 0 bridgehead atoms. The Bertz CT molecular complexity index is 518. The molecule has 0 aliphatic rings. The number of hydrogen-bond acceptors (Lipinski definition) is 3. The van der Waals surface area contributed by atoms with E-state index in [2.05, 4.69) is 5.32 Å². The number of benzene rings is 1. The van der Waals surface area contributed by atoms with Gasteiger partial charge in [0, 0.05) is 17.1 Å². The number of Topliss-reactive ketones (excluding diaryl/α,β-unsaturated/α-hetero) is 1. The first-order valence-electron chi connectivity index (χ1n) is 6.73. The molecule has 0 saturated carbocycles. The third kappa shape index (κ3) is 6.46. The van der Waals surface area contributed by atoms with Crippen LogP contribution < -0.4 is 5.32 Å². The molecule has 0 atom stereocenters. The van der Waals surface area contributed by atoms with Crippen molar-refractivity contribution in [2.45, 2.75) is 13.8 Å². The van der Waals surface area contributed by atoms with Crippen LogP contribution in [0, 0.1) is 5.92 Å². The van der Waals surface area contributed by atoms with Crippen molar-refractivity contribution >= 4 is 34.9 Å². The monoisotopic (exact) mass is 330 g/mol. The topological polar surface area (TPSA) is 49.4 Å². The number of carbonyl (C=O) groups is 2. The summed E-state index contributed by atoms with van der Waals surface area (Å²) in [5, 5.41) is 3.62. The first kappa shape index (κ1) is 18.0. The fourth-order valence-corrected chi connectivity index (χ4v) is 2.23. The van der Waals surface area contributed by atoms with Crippen LogP contribution in [0.25, 0.3) is 0 Å². The molecule has 1 N–H and O–H groups in total. The predicted octanol–water partition coefficient (Wildman–Crippen LogP) is 2.88. The van der Waals surface area contributed by atoms with Gasteiger partial charge in [-0.15, -0.1) is 0 Å². The summed E-state index contributed by atoms with van der Waals surface area (Å²) in [6.07, 6.45) is 0. The summed E-state index contributed by atoms with van der Waals surface area (Å²) in [6, 6.07) is 4.75. The lowest BCUT2D eigenvalue weighted by Gasteiger charge is -2.16. The summed E-state index contributed by atoms with van der Waals surface area (Å²) in [7, 11) is 1.72. The number of rotatable bonds is 7. The molecule has 4 nitrogen and oxygen atoms in total. The van der Waals surface area contributed by atoms with E-state index < -0.39 is 0 Å². The fourth-order valence-electron chi connectivity index (χ4n) is 1.72. The Balaban J connectivity index is 2.52. The van der Waals surface area contributed by atoms with Gasteiger partial charge in [0.25, 0.3) is 0 Å². The van der Waals surface area contributed by atoms with Gasteiger partial charge in [-0.05, 0) is 31.2 Å². The highest BCUT2D eigenvalue weighted by Gasteiger charge is 2.15. The van der Waals surface area contributed by atoms with Crippen LogP contribution in [0.2, 0.25) is 10.0 Å². The number of nitrogens with one attached hydrogen (secondary N) is 1. The van der Waals surface area contributed by atoms with Gasteiger partial charge in [0.15, 0.2) is 5.78 Å². The van der Waals surface area contributed by atoms with Crippen LogP contribution >= 0.6 is 23.2 Å². The number of likely N-dealkylation sites (N-methyl/N-ethyl adjacent to an activating group) is 1. The van der Waals surface area contributed by atoms with E-state index in [1.807, 2.05) is 13.8 Å². The molecule has 1 aromatic carbocycles. The molecule has 0 fully saturated rings. The second-order valence-corrected chi connectivity index (χ2v) is 6.26. The van der Waals surface area contributed by atoms with Gasteiger partial charge in [-0.25, -0.2) is 0 Å². The van der Waals surface area contributed by atoms with Crippen LogP contribution in [-0.2, 0) is 4.79 Å². The van der Waals surface area contributed by atoms with Crippen molar-refractivity contribution in [3.05, 3.63) is 33.8 Å². The predicted molar refractivity (Wildman–Crippen MR) is 86.1 cm³/mol. The number of amides is 1. The minimum Gasteiger partial charge on any atom is -0.355 e. The number of hydrogen-bond donors (Lipinski definition) is 1. The van der Waals surface area contributed by atoms with E-state index in [9.17, 15) is 9.59 Å². The van der Waals surface area contributed by atoms with Gasteiger partial charge in [-0.1, -0.05) is 37.0 Å². The Labute approximate surface area is 135 Å². The molecule has 1 amide bonds. The van der Waals surface area contributed by atoms with Gasteiger partial charge in [0.1, 0.15) is 0 Å². The van der Waals surface area contributed by atoms with Crippen molar-refractivity contribution in [1.82, 2.24) is 10.2 Å². The summed E-state index contributed by atoms with van der Waals surface area (Å²) in [6.45, 7) is 4.97. The van der Waals surface area contributed by atoms with Crippen molar-refractivity contribution in [3.63, 3.8) is 0 Å². The number of carbonyl (C=O) groups excluding carboxylic acids is 2. The minimum absolute atomic E-state index is 0.0961. The Kier molecular flexibility index (Phi) is 7.15. The fraction of sp³-hybridized carbons (Fsp3) is 0.467. The molecule has 0 spiro atoms. The summed E-state index contributed by atoms with van der Waals surface area (Å²) < 4.78 is 0. The Morgan fingerprint density at radius 2 is 1.90 bits per heavy atom. The molecule has 0 aromatic heterocycles. The van der Waals surface area contributed by atoms with Gasteiger partial charge in [-0.3, -0.25) is 14.5 Å². The molecule has 0 radical (unpaired) electrons. The number of halogens is 2. The second kappa shape index (κ2) is 8.37. The molecule has 6 heteroatoms. The minimum atomic E-state index is -0.143. The zero-order chi connectivity index (χ0) is 16.0. The maximum absolute atomic E-state index is 12.1. The second-order valence-electron chi connectivity index (χ2n) is 5.42. The first-order valence-corrected chi connectivity index (χ1v) is 7.48. The average molecular weight is 331 g/mol. The van der Waals surface area contributed by atoms with Gasteiger partial charge < -0.3 is 5.32 Å². The molecule has 0 aliphatic carbocycles. The Hall–Kier alpha value is -1.10. The average Bonchev–Trinajstić information content (AvgIpc) is 2.35. The summed E-state index contributed by atoms with van der Waals surface area (Å²) in [5.74, 6) is 0.158. The van der Waals surface area contributed by atoms with E-state index in [0.717, 1.165) is 0 Å². The molecule has 21 heavy (non-hydrogen) atoms. The smallest absolute Gasteiger partial charge is 0.234 e. The quantitative estimate of drug-likeness (QED) is 0.782. The van der Waals surface area contributed by atoms with Crippen molar-refractivity contribution < 1.29 is 9.59 Å². The highest BCUT2D eigenvalue weighted by Crippen LogP contribution is 2.21. The Morgan fingerprint density at radius 3 is 2.48 bits per heavy atom. The van der Waals surface area contributed by atoms with Crippen molar-refractivity contribution in [3.8, 4) is 0 Å².